The molecule has 1 aromatic carbocycles. The van der Waals surface area contributed by atoms with Crippen molar-refractivity contribution in [3.63, 3.8) is 0 Å². The standard InChI is InChI=1S/C17H19N7O.C8H14O2/c1-11-6-14(16(19)23-24(2)20)8-15(22-11)17(25)21-10-13-5-3-4-12(7-13)9-18;1-10-8(9)7-5-3-2-4-6-7/h3-8H,10,20H2,1-2H3,(H2,19,23)(H,21,25);7H,2-6H2,1H3. The number of ether oxygens (including phenoxy) is 1. The van der Waals surface area contributed by atoms with Gasteiger partial charge in [0.25, 0.3) is 5.91 Å². The predicted octanol–water partition coefficient (Wildman–Crippen LogP) is 2.36. The molecule has 5 N–H and O–H groups in total. The number of hydrogen-bond acceptors (Lipinski definition) is 8. The zero-order valence-corrected chi connectivity index (χ0v) is 20.5. The monoisotopic (exact) mass is 479 g/mol. The van der Waals surface area contributed by atoms with Crippen molar-refractivity contribution in [3.8, 4) is 6.07 Å². The van der Waals surface area contributed by atoms with Gasteiger partial charge in [0.1, 0.15) is 5.69 Å². The van der Waals surface area contributed by atoms with E-state index >= 15 is 0 Å². The number of hydrogen-bond donors (Lipinski definition) is 3. The molecular weight excluding hydrogens is 446 g/mol. The number of amides is 1. The first-order valence-electron chi connectivity index (χ1n) is 11.4. The molecule has 0 aliphatic heterocycles. The number of hydrazine groups is 1. The van der Waals surface area contributed by atoms with E-state index in [-0.39, 0.29) is 35.9 Å². The minimum Gasteiger partial charge on any atom is -0.469 e. The Bertz CT molecular complexity index is 1090. The van der Waals surface area contributed by atoms with Crippen LogP contribution in [0.1, 0.15) is 65.0 Å². The summed E-state index contributed by atoms with van der Waals surface area (Å²) in [6.07, 6.45) is 5.74. The molecule has 186 valence electrons. The van der Waals surface area contributed by atoms with Crippen LogP contribution in [0.15, 0.2) is 41.5 Å². The van der Waals surface area contributed by atoms with Crippen molar-refractivity contribution in [2.45, 2.75) is 45.6 Å². The maximum Gasteiger partial charge on any atom is 0.308 e. The average Bonchev–Trinajstić information content (AvgIpc) is 2.87. The molecule has 2 aromatic rings. The van der Waals surface area contributed by atoms with Gasteiger partial charge in [-0.25, -0.2) is 15.9 Å². The number of nitriles is 1. The van der Waals surface area contributed by atoms with Crippen LogP contribution in [0.5, 0.6) is 0 Å². The van der Waals surface area contributed by atoms with Gasteiger partial charge in [-0.2, -0.15) is 5.26 Å². The summed E-state index contributed by atoms with van der Waals surface area (Å²) in [6, 6.07) is 12.4. The zero-order chi connectivity index (χ0) is 25.8. The van der Waals surface area contributed by atoms with Crippen molar-refractivity contribution in [2.75, 3.05) is 14.2 Å². The second kappa shape index (κ2) is 13.7. The van der Waals surface area contributed by atoms with Gasteiger partial charge in [0.2, 0.25) is 0 Å². The lowest BCUT2D eigenvalue weighted by Gasteiger charge is -2.18. The quantitative estimate of drug-likeness (QED) is 0.187. The third-order valence-corrected chi connectivity index (χ3v) is 5.40. The molecule has 0 radical (unpaired) electrons. The third kappa shape index (κ3) is 9.06. The van der Waals surface area contributed by atoms with E-state index in [9.17, 15) is 9.59 Å². The first-order valence-corrected chi connectivity index (χ1v) is 11.4. The number of benzene rings is 1. The fraction of sp³-hybridized carbons (Fsp3) is 0.400. The molecule has 1 aliphatic rings. The van der Waals surface area contributed by atoms with Crippen LogP contribution in [0.25, 0.3) is 0 Å². The van der Waals surface area contributed by atoms with Crippen molar-refractivity contribution in [1.29, 1.82) is 5.26 Å². The summed E-state index contributed by atoms with van der Waals surface area (Å²) in [7, 11) is 3.01. The fourth-order valence-electron chi connectivity index (χ4n) is 3.69. The highest BCUT2D eigenvalue weighted by atomic mass is 16.5. The maximum atomic E-state index is 12.4. The van der Waals surface area contributed by atoms with Crippen molar-refractivity contribution in [3.05, 3.63) is 64.5 Å². The van der Waals surface area contributed by atoms with Gasteiger partial charge in [0.05, 0.1) is 24.7 Å². The lowest BCUT2D eigenvalue weighted by atomic mass is 9.89. The highest BCUT2D eigenvalue weighted by Crippen LogP contribution is 2.24. The molecule has 1 fully saturated rings. The van der Waals surface area contributed by atoms with Crippen LogP contribution in [-0.4, -0.2) is 42.0 Å². The average molecular weight is 480 g/mol. The molecule has 1 saturated carbocycles. The first kappa shape index (κ1) is 27.3. The van der Waals surface area contributed by atoms with Crippen molar-refractivity contribution >= 4 is 17.7 Å². The summed E-state index contributed by atoms with van der Waals surface area (Å²) in [5.41, 5.74) is 8.65. The van der Waals surface area contributed by atoms with Gasteiger partial charge in [0.15, 0.2) is 5.84 Å². The topological polar surface area (TPSA) is 160 Å². The van der Waals surface area contributed by atoms with Gasteiger partial charge < -0.3 is 15.8 Å². The summed E-state index contributed by atoms with van der Waals surface area (Å²) in [5, 5.41) is 16.7. The van der Waals surface area contributed by atoms with Gasteiger partial charge >= 0.3 is 5.97 Å². The number of nitrogens with zero attached hydrogens (tertiary/aromatic N) is 4. The van der Waals surface area contributed by atoms with Gasteiger partial charge in [-0.3, -0.25) is 9.59 Å². The summed E-state index contributed by atoms with van der Waals surface area (Å²) in [5.74, 6) is 5.48. The van der Waals surface area contributed by atoms with E-state index in [0.29, 0.717) is 16.8 Å². The molecule has 0 unspecified atom stereocenters. The summed E-state index contributed by atoms with van der Waals surface area (Å²) < 4.78 is 4.65. The molecule has 10 nitrogen and oxygen atoms in total. The summed E-state index contributed by atoms with van der Waals surface area (Å²) in [4.78, 5) is 27.5. The SMILES string of the molecule is COC(=O)C1CCCCC1.Cc1cc(/C(N)=N/N(C)N)cc(C(=O)NCc2cccc(C#N)c2)n1. The van der Waals surface area contributed by atoms with E-state index in [1.165, 1.54) is 26.4 Å². The highest BCUT2D eigenvalue weighted by Gasteiger charge is 2.21. The van der Waals surface area contributed by atoms with Gasteiger partial charge in [-0.15, -0.1) is 5.10 Å². The smallest absolute Gasteiger partial charge is 0.308 e. The maximum absolute atomic E-state index is 12.4. The number of carbonyl (C=O) groups excluding carboxylic acids is 2. The molecule has 1 heterocycles. The van der Waals surface area contributed by atoms with E-state index in [1.54, 1.807) is 44.3 Å². The Morgan fingerprint density at radius 3 is 2.60 bits per heavy atom. The van der Waals surface area contributed by atoms with Crippen molar-refractivity contribution in [2.24, 2.45) is 22.6 Å². The Morgan fingerprint density at radius 1 is 1.26 bits per heavy atom. The van der Waals surface area contributed by atoms with Crippen LogP contribution in [0.4, 0.5) is 0 Å². The molecule has 1 aromatic heterocycles. The van der Waals surface area contributed by atoms with Gasteiger partial charge in [0, 0.05) is 24.8 Å². The molecule has 10 heteroatoms. The Hall–Kier alpha value is -3.97. The molecule has 1 aliphatic carbocycles. The number of rotatable bonds is 6. The van der Waals surface area contributed by atoms with E-state index in [1.807, 2.05) is 6.07 Å². The van der Waals surface area contributed by atoms with Crippen molar-refractivity contribution in [1.82, 2.24) is 15.4 Å². The normalized spacial score (nSPS) is 13.6. The Kier molecular flexibility index (Phi) is 10.7. The summed E-state index contributed by atoms with van der Waals surface area (Å²) in [6.45, 7) is 2.05. The van der Waals surface area contributed by atoms with E-state index in [4.69, 9.17) is 16.8 Å². The number of hydrazone groups is 1. The van der Waals surface area contributed by atoms with E-state index in [2.05, 4.69) is 26.2 Å². The second-order valence-electron chi connectivity index (χ2n) is 8.29. The lowest BCUT2D eigenvalue weighted by Crippen LogP contribution is -2.27. The van der Waals surface area contributed by atoms with Crippen LogP contribution in [-0.2, 0) is 16.1 Å². The Balaban J connectivity index is 0.000000360. The molecule has 35 heavy (non-hydrogen) atoms. The number of amidine groups is 1. The highest BCUT2D eigenvalue weighted by molar-refractivity contribution is 6.00. The first-order chi connectivity index (χ1) is 16.7. The molecule has 0 saturated heterocycles. The minimum atomic E-state index is -0.346. The van der Waals surface area contributed by atoms with Crippen LogP contribution < -0.4 is 16.9 Å². The Morgan fingerprint density at radius 2 is 1.97 bits per heavy atom. The molecule has 3 rings (SSSR count). The number of aryl methyl sites for hydroxylation is 1. The molecule has 0 spiro atoms. The largest absolute Gasteiger partial charge is 0.469 e. The van der Waals surface area contributed by atoms with Gasteiger partial charge in [-0.05, 0) is 49.6 Å². The minimum absolute atomic E-state index is 0.0142. The number of aromatic nitrogens is 1. The molecule has 0 bridgehead atoms. The van der Waals surface area contributed by atoms with Gasteiger partial charge in [-0.1, -0.05) is 31.4 Å². The number of esters is 1. The van der Waals surface area contributed by atoms with Crippen LogP contribution in [0.2, 0.25) is 0 Å². The lowest BCUT2D eigenvalue weighted by molar-refractivity contribution is -0.146. The molecule has 1 amide bonds. The van der Waals surface area contributed by atoms with Crippen LogP contribution in [0, 0.1) is 24.2 Å². The third-order valence-electron chi connectivity index (χ3n) is 5.40. The van der Waals surface area contributed by atoms with Crippen LogP contribution in [0.3, 0.4) is 0 Å². The Labute approximate surface area is 205 Å². The summed E-state index contributed by atoms with van der Waals surface area (Å²) >= 11 is 0. The molecular formula is C25H33N7O3. The number of nitrogens with two attached hydrogens (primary N) is 2. The number of pyridine rings is 1. The van der Waals surface area contributed by atoms with E-state index < -0.39 is 0 Å². The van der Waals surface area contributed by atoms with Crippen LogP contribution >= 0.6 is 0 Å². The van der Waals surface area contributed by atoms with E-state index in [0.717, 1.165) is 23.5 Å². The number of nitrogens with one attached hydrogen (secondary N) is 1. The predicted molar refractivity (Wildman–Crippen MR) is 133 cm³/mol. The zero-order valence-electron chi connectivity index (χ0n) is 20.5. The second-order valence-corrected chi connectivity index (χ2v) is 8.29. The number of carbonyl (C=O) groups is 2. The fourth-order valence-corrected chi connectivity index (χ4v) is 3.69. The molecule has 0 atom stereocenters. The van der Waals surface area contributed by atoms with Crippen molar-refractivity contribution < 1.29 is 14.3 Å². The number of methoxy groups -OCH3 is 1.